The molecule has 1 aliphatic carbocycles. The van der Waals surface area contributed by atoms with Crippen LogP contribution in [-0.4, -0.2) is 16.8 Å². The molecule has 3 aromatic rings. The van der Waals surface area contributed by atoms with Gasteiger partial charge in [-0.1, -0.05) is 71.8 Å². The number of amides is 2. The van der Waals surface area contributed by atoms with Gasteiger partial charge >= 0.3 is 6.03 Å². The molecule has 3 aromatic carbocycles. The summed E-state index contributed by atoms with van der Waals surface area (Å²) in [6.45, 7) is 2.02. The van der Waals surface area contributed by atoms with Crippen LogP contribution in [0.1, 0.15) is 34.7 Å². The van der Waals surface area contributed by atoms with E-state index < -0.39 is 0 Å². The van der Waals surface area contributed by atoms with Gasteiger partial charge in [0.1, 0.15) is 0 Å². The van der Waals surface area contributed by atoms with E-state index >= 15 is 0 Å². The molecule has 2 aliphatic rings. The Kier molecular flexibility index (Phi) is 4.80. The summed E-state index contributed by atoms with van der Waals surface area (Å²) in [4.78, 5) is 13.3. The summed E-state index contributed by atoms with van der Waals surface area (Å²) in [6.07, 6.45) is 1.90. The first kappa shape index (κ1) is 18.9. The number of nitrogens with one attached hydrogen (secondary N) is 1. The van der Waals surface area contributed by atoms with E-state index in [0.717, 1.165) is 40.9 Å². The first-order chi connectivity index (χ1) is 14.6. The first-order valence-corrected chi connectivity index (χ1v) is 10.6. The normalized spacial score (nSPS) is 19.7. The van der Waals surface area contributed by atoms with Crippen molar-refractivity contribution in [1.82, 2.24) is 5.01 Å². The Hall–Kier alpha value is -3.11. The first-order valence-electron chi connectivity index (χ1n) is 10.2. The Morgan fingerprint density at radius 2 is 1.77 bits per heavy atom. The summed E-state index contributed by atoms with van der Waals surface area (Å²) in [5.41, 5.74) is 6.22. The summed E-state index contributed by atoms with van der Waals surface area (Å²) in [7, 11) is 0. The van der Waals surface area contributed by atoms with Gasteiger partial charge < -0.3 is 5.32 Å². The highest BCUT2D eigenvalue weighted by Crippen LogP contribution is 2.45. The van der Waals surface area contributed by atoms with E-state index in [0.29, 0.717) is 5.02 Å². The third-order valence-electron chi connectivity index (χ3n) is 5.96. The van der Waals surface area contributed by atoms with Crippen LogP contribution in [0.25, 0.3) is 0 Å². The third kappa shape index (κ3) is 3.27. The van der Waals surface area contributed by atoms with E-state index in [1.807, 2.05) is 61.5 Å². The predicted molar refractivity (Wildman–Crippen MR) is 121 cm³/mol. The molecule has 1 aliphatic heterocycles. The van der Waals surface area contributed by atoms with E-state index in [9.17, 15) is 4.79 Å². The molecule has 1 N–H and O–H groups in total. The van der Waals surface area contributed by atoms with Crippen LogP contribution in [-0.2, 0) is 6.42 Å². The van der Waals surface area contributed by atoms with Crippen molar-refractivity contribution in [1.29, 1.82) is 0 Å². The zero-order valence-corrected chi connectivity index (χ0v) is 17.4. The molecule has 0 saturated carbocycles. The molecule has 0 saturated heterocycles. The van der Waals surface area contributed by atoms with Gasteiger partial charge in [0.2, 0.25) is 0 Å². The molecule has 2 amide bonds. The molecule has 0 unspecified atom stereocenters. The van der Waals surface area contributed by atoms with Crippen LogP contribution < -0.4 is 5.32 Å². The van der Waals surface area contributed by atoms with Crippen molar-refractivity contribution in [3.63, 3.8) is 0 Å². The molecule has 0 spiro atoms. The molecule has 30 heavy (non-hydrogen) atoms. The zero-order valence-electron chi connectivity index (χ0n) is 16.7. The lowest BCUT2D eigenvalue weighted by Crippen LogP contribution is -2.35. The highest BCUT2D eigenvalue weighted by molar-refractivity contribution is 6.31. The second-order valence-electron chi connectivity index (χ2n) is 7.89. The van der Waals surface area contributed by atoms with Crippen LogP contribution in [0.15, 0.2) is 77.9 Å². The van der Waals surface area contributed by atoms with Crippen LogP contribution in [0.3, 0.4) is 0 Å². The minimum atomic E-state index is -0.247. The number of fused-ring (bicyclic) bond motifs is 3. The molecular weight excluding hydrogens is 394 g/mol. The smallest absolute Gasteiger partial charge is 0.306 e. The maximum absolute atomic E-state index is 13.3. The number of hydrogen-bond acceptors (Lipinski definition) is 2. The van der Waals surface area contributed by atoms with Crippen molar-refractivity contribution in [2.75, 3.05) is 5.32 Å². The van der Waals surface area contributed by atoms with Crippen molar-refractivity contribution >= 4 is 29.0 Å². The molecule has 0 radical (unpaired) electrons. The summed E-state index contributed by atoms with van der Waals surface area (Å²) >= 11 is 6.57. The van der Waals surface area contributed by atoms with Crippen LogP contribution in [0.2, 0.25) is 5.02 Å². The number of hydrogen-bond donors (Lipinski definition) is 1. The molecule has 0 bridgehead atoms. The average molecular weight is 416 g/mol. The van der Waals surface area contributed by atoms with E-state index in [4.69, 9.17) is 16.7 Å². The molecule has 5 heteroatoms. The minimum absolute atomic E-state index is 0.114. The Balaban J connectivity index is 1.55. The van der Waals surface area contributed by atoms with Crippen molar-refractivity contribution < 1.29 is 4.79 Å². The standard InChI is InChI=1S/C25H22ClN3O/c1-16-10-13-18(14-11-16)27-25(30)29-24(20-8-4-5-9-22(20)26)21-15-12-17-6-2-3-7-19(17)23(21)28-29/h2-11,13-14,21,24H,12,15H2,1H3,(H,27,30)/t21-,24+/m0/s1. The van der Waals surface area contributed by atoms with Crippen LogP contribution >= 0.6 is 11.6 Å². The third-order valence-corrected chi connectivity index (χ3v) is 6.31. The minimum Gasteiger partial charge on any atom is -0.306 e. The SMILES string of the molecule is Cc1ccc(NC(=O)N2N=C3c4ccccc4CC[C@@H]3[C@H]2c2ccccc2Cl)cc1. The lowest BCUT2D eigenvalue weighted by atomic mass is 9.77. The number of rotatable bonds is 2. The zero-order chi connectivity index (χ0) is 20.7. The van der Waals surface area contributed by atoms with Gasteiger partial charge in [0.15, 0.2) is 0 Å². The molecule has 2 atom stereocenters. The van der Waals surface area contributed by atoms with Gasteiger partial charge in [-0.05, 0) is 49.1 Å². The number of urea groups is 1. The topological polar surface area (TPSA) is 44.7 Å². The van der Waals surface area contributed by atoms with Gasteiger partial charge in [-0.3, -0.25) is 0 Å². The fourth-order valence-corrected chi connectivity index (χ4v) is 4.72. The fraction of sp³-hybridized carbons (Fsp3) is 0.200. The monoisotopic (exact) mass is 415 g/mol. The van der Waals surface area contributed by atoms with E-state index in [2.05, 4.69) is 23.5 Å². The van der Waals surface area contributed by atoms with Crippen molar-refractivity contribution in [3.8, 4) is 0 Å². The van der Waals surface area contributed by atoms with Crippen LogP contribution in [0, 0.1) is 12.8 Å². The molecule has 5 rings (SSSR count). The number of nitrogens with zero attached hydrogens (tertiary/aromatic N) is 2. The van der Waals surface area contributed by atoms with Gasteiger partial charge in [0.05, 0.1) is 11.8 Å². The molecular formula is C25H22ClN3O. The highest BCUT2D eigenvalue weighted by Gasteiger charge is 2.44. The number of halogens is 1. The maximum atomic E-state index is 13.3. The van der Waals surface area contributed by atoms with Crippen LogP contribution in [0.4, 0.5) is 10.5 Å². The Morgan fingerprint density at radius 3 is 2.57 bits per heavy atom. The van der Waals surface area contributed by atoms with Crippen LogP contribution in [0.5, 0.6) is 0 Å². The number of benzene rings is 3. The van der Waals surface area contributed by atoms with E-state index in [-0.39, 0.29) is 18.0 Å². The van der Waals surface area contributed by atoms with E-state index in [1.165, 1.54) is 5.56 Å². The van der Waals surface area contributed by atoms with Gasteiger partial charge in [0.25, 0.3) is 0 Å². The lowest BCUT2D eigenvalue weighted by molar-refractivity contribution is 0.188. The number of anilines is 1. The van der Waals surface area contributed by atoms with Gasteiger partial charge in [0, 0.05) is 22.2 Å². The molecule has 0 fully saturated rings. The summed E-state index contributed by atoms with van der Waals surface area (Å²) in [5.74, 6) is 0.114. The van der Waals surface area contributed by atoms with E-state index in [1.54, 1.807) is 5.01 Å². The Bertz CT molecular complexity index is 1140. The molecule has 150 valence electrons. The Labute approximate surface area is 181 Å². The van der Waals surface area contributed by atoms with Crippen molar-refractivity contribution in [2.45, 2.75) is 25.8 Å². The maximum Gasteiger partial charge on any atom is 0.342 e. The lowest BCUT2D eigenvalue weighted by Gasteiger charge is -2.30. The number of aryl methyl sites for hydroxylation is 2. The predicted octanol–water partition coefficient (Wildman–Crippen LogP) is 6.20. The quantitative estimate of drug-likeness (QED) is 0.531. The summed E-state index contributed by atoms with van der Waals surface area (Å²) in [5, 5.41) is 10.1. The number of carbonyl (C=O) groups excluding carboxylic acids is 1. The second kappa shape index (κ2) is 7.62. The molecule has 4 nitrogen and oxygen atoms in total. The molecule has 1 heterocycles. The highest BCUT2D eigenvalue weighted by atomic mass is 35.5. The fourth-order valence-electron chi connectivity index (χ4n) is 4.47. The number of carbonyl (C=O) groups is 1. The average Bonchev–Trinajstić information content (AvgIpc) is 3.16. The van der Waals surface area contributed by atoms with Gasteiger partial charge in [-0.15, -0.1) is 0 Å². The number of hydrazone groups is 1. The molecule has 0 aromatic heterocycles. The van der Waals surface area contributed by atoms with Gasteiger partial charge in [-0.25, -0.2) is 9.80 Å². The Morgan fingerprint density at radius 1 is 1.03 bits per heavy atom. The summed E-state index contributed by atoms with van der Waals surface area (Å²) in [6, 6.07) is 23.4. The second-order valence-corrected chi connectivity index (χ2v) is 8.30. The van der Waals surface area contributed by atoms with Gasteiger partial charge in [-0.2, -0.15) is 5.10 Å². The summed E-state index contributed by atoms with van der Waals surface area (Å²) < 4.78 is 0. The van der Waals surface area contributed by atoms with Crippen molar-refractivity contribution in [3.05, 3.63) is 100 Å². The largest absolute Gasteiger partial charge is 0.342 e. The van der Waals surface area contributed by atoms with Crippen molar-refractivity contribution in [2.24, 2.45) is 11.0 Å².